The van der Waals surface area contributed by atoms with Crippen LogP contribution in [-0.4, -0.2) is 43.4 Å². The third kappa shape index (κ3) is 3.51. The van der Waals surface area contributed by atoms with E-state index in [0.717, 1.165) is 0 Å². The predicted molar refractivity (Wildman–Crippen MR) is 70.8 cm³/mol. The second-order valence-corrected chi connectivity index (χ2v) is 4.71. The number of nitrogens with zero attached hydrogens (tertiary/aromatic N) is 4. The quantitative estimate of drug-likeness (QED) is 0.731. The van der Waals surface area contributed by atoms with Gasteiger partial charge in [-0.15, -0.1) is 11.3 Å². The molecule has 2 amide bonds. The average Bonchev–Trinajstić information content (AvgIpc) is 3.00. The second kappa shape index (κ2) is 6.10. The largest absolute Gasteiger partial charge is 0.476 e. The van der Waals surface area contributed by atoms with E-state index >= 15 is 0 Å². The first-order valence-corrected chi connectivity index (χ1v) is 6.51. The summed E-state index contributed by atoms with van der Waals surface area (Å²) in [5.41, 5.74) is 0.0218. The number of thiazole rings is 1. The van der Waals surface area contributed by atoms with Crippen molar-refractivity contribution >= 4 is 29.3 Å². The van der Waals surface area contributed by atoms with Gasteiger partial charge >= 0.3 is 12.0 Å². The van der Waals surface area contributed by atoms with Gasteiger partial charge in [0.1, 0.15) is 6.33 Å². The molecule has 0 aromatic carbocycles. The highest BCUT2D eigenvalue weighted by molar-refractivity contribution is 7.09. The fourth-order valence-corrected chi connectivity index (χ4v) is 2.13. The third-order valence-corrected chi connectivity index (χ3v) is 3.24. The number of carbonyl (C=O) groups excluding carboxylic acids is 1. The molecule has 0 bridgehead atoms. The molecule has 0 saturated carbocycles. The van der Waals surface area contributed by atoms with Crippen molar-refractivity contribution in [1.29, 1.82) is 0 Å². The molecule has 0 fully saturated rings. The fourth-order valence-electron chi connectivity index (χ4n) is 1.36. The first kappa shape index (κ1) is 13.9. The lowest BCUT2D eigenvalue weighted by atomic mass is 10.4. The van der Waals surface area contributed by atoms with Crippen LogP contribution in [0, 0.1) is 0 Å². The van der Waals surface area contributed by atoms with Gasteiger partial charge in [-0.1, -0.05) is 0 Å². The Balaban J connectivity index is 1.76. The molecule has 0 saturated heterocycles. The maximum Gasteiger partial charge on any atom is 0.355 e. The van der Waals surface area contributed by atoms with Gasteiger partial charge in [0.2, 0.25) is 5.95 Å². The molecule has 2 rings (SSSR count). The maximum absolute atomic E-state index is 11.6. The van der Waals surface area contributed by atoms with Crippen LogP contribution < -0.4 is 10.6 Å². The van der Waals surface area contributed by atoms with Gasteiger partial charge in [-0.05, 0) is 0 Å². The highest BCUT2D eigenvalue weighted by Gasteiger charge is 2.09. The molecule has 10 heteroatoms. The van der Waals surface area contributed by atoms with E-state index < -0.39 is 12.0 Å². The maximum atomic E-state index is 11.6. The molecule has 2 aromatic heterocycles. The third-order valence-electron chi connectivity index (χ3n) is 2.33. The number of aromatic carboxylic acids is 1. The molecule has 2 heterocycles. The van der Waals surface area contributed by atoms with Crippen LogP contribution in [0.5, 0.6) is 0 Å². The van der Waals surface area contributed by atoms with Gasteiger partial charge in [-0.3, -0.25) is 5.32 Å². The van der Waals surface area contributed by atoms with E-state index in [9.17, 15) is 9.59 Å². The zero-order chi connectivity index (χ0) is 14.5. The minimum Gasteiger partial charge on any atom is -0.476 e. The van der Waals surface area contributed by atoms with Crippen molar-refractivity contribution in [2.75, 3.05) is 11.9 Å². The zero-order valence-electron chi connectivity index (χ0n) is 10.5. The molecule has 0 aliphatic rings. The Bertz CT molecular complexity index is 622. The standard InChI is InChI=1S/C10H12N6O3S/c1-16-9(12-5-13-16)15-10(19)11-3-2-7-14-6(4-20-7)8(17)18/h4-5H,2-3H2,1H3,(H,17,18)(H2,11,12,13,15,19). The summed E-state index contributed by atoms with van der Waals surface area (Å²) in [4.78, 5) is 30.0. The summed E-state index contributed by atoms with van der Waals surface area (Å²) < 4.78 is 1.43. The van der Waals surface area contributed by atoms with Crippen LogP contribution in [0.25, 0.3) is 0 Å². The summed E-state index contributed by atoms with van der Waals surface area (Å²) in [6.45, 7) is 0.344. The summed E-state index contributed by atoms with van der Waals surface area (Å²) in [6.07, 6.45) is 1.79. The number of carbonyl (C=O) groups is 2. The lowest BCUT2D eigenvalue weighted by Crippen LogP contribution is -2.31. The van der Waals surface area contributed by atoms with E-state index in [1.165, 1.54) is 27.7 Å². The first-order valence-electron chi connectivity index (χ1n) is 5.63. The van der Waals surface area contributed by atoms with E-state index in [4.69, 9.17) is 5.11 Å². The zero-order valence-corrected chi connectivity index (χ0v) is 11.3. The van der Waals surface area contributed by atoms with Gasteiger partial charge in [0.05, 0.1) is 5.01 Å². The van der Waals surface area contributed by atoms with Crippen LogP contribution in [0.2, 0.25) is 0 Å². The van der Waals surface area contributed by atoms with Crippen molar-refractivity contribution in [3.8, 4) is 0 Å². The first-order chi connectivity index (χ1) is 9.56. The Morgan fingerprint density at radius 3 is 2.90 bits per heavy atom. The number of carboxylic acids is 1. The number of hydrogen-bond acceptors (Lipinski definition) is 6. The van der Waals surface area contributed by atoms with Crippen LogP contribution in [0.4, 0.5) is 10.7 Å². The van der Waals surface area contributed by atoms with E-state index in [2.05, 4.69) is 25.7 Å². The van der Waals surface area contributed by atoms with Crippen LogP contribution in [-0.2, 0) is 13.5 Å². The van der Waals surface area contributed by atoms with Gasteiger partial charge in [0.25, 0.3) is 0 Å². The molecule has 0 radical (unpaired) electrons. The molecule has 9 nitrogen and oxygen atoms in total. The summed E-state index contributed by atoms with van der Waals surface area (Å²) in [6, 6.07) is -0.406. The smallest absolute Gasteiger partial charge is 0.355 e. The second-order valence-electron chi connectivity index (χ2n) is 3.77. The van der Waals surface area contributed by atoms with Gasteiger partial charge in [0.15, 0.2) is 5.69 Å². The van der Waals surface area contributed by atoms with Crippen LogP contribution in [0.3, 0.4) is 0 Å². The highest BCUT2D eigenvalue weighted by atomic mass is 32.1. The molecule has 0 unspecified atom stereocenters. The van der Waals surface area contributed by atoms with Crippen molar-refractivity contribution in [3.05, 3.63) is 22.4 Å². The van der Waals surface area contributed by atoms with Crippen molar-refractivity contribution in [2.45, 2.75) is 6.42 Å². The number of aryl methyl sites for hydroxylation is 1. The number of anilines is 1. The number of amides is 2. The average molecular weight is 296 g/mol. The fraction of sp³-hybridized carbons (Fsp3) is 0.300. The summed E-state index contributed by atoms with van der Waals surface area (Å²) in [5.74, 6) is -0.717. The number of hydrogen-bond donors (Lipinski definition) is 3. The molecular formula is C10H12N6O3S. The highest BCUT2D eigenvalue weighted by Crippen LogP contribution is 2.09. The number of urea groups is 1. The normalized spacial score (nSPS) is 10.2. The molecule has 3 N–H and O–H groups in total. The number of carboxylic acid groups (broad SMARTS) is 1. The van der Waals surface area contributed by atoms with Crippen LogP contribution in [0.15, 0.2) is 11.7 Å². The van der Waals surface area contributed by atoms with Crippen molar-refractivity contribution in [1.82, 2.24) is 25.1 Å². The molecule has 2 aromatic rings. The van der Waals surface area contributed by atoms with E-state index in [-0.39, 0.29) is 5.69 Å². The molecule has 0 aliphatic heterocycles. The molecule has 20 heavy (non-hydrogen) atoms. The van der Waals surface area contributed by atoms with Gasteiger partial charge < -0.3 is 10.4 Å². The van der Waals surface area contributed by atoms with Crippen LogP contribution in [0.1, 0.15) is 15.5 Å². The summed E-state index contributed by atoms with van der Waals surface area (Å²) in [7, 11) is 1.66. The van der Waals surface area contributed by atoms with Crippen molar-refractivity contribution in [3.63, 3.8) is 0 Å². The molecule has 106 valence electrons. The predicted octanol–water partition coefficient (Wildman–Crippen LogP) is 0.334. The van der Waals surface area contributed by atoms with Crippen molar-refractivity contribution in [2.24, 2.45) is 7.05 Å². The van der Waals surface area contributed by atoms with E-state index in [1.54, 1.807) is 7.05 Å². The minimum absolute atomic E-state index is 0.0218. The Kier molecular flexibility index (Phi) is 4.25. The van der Waals surface area contributed by atoms with Gasteiger partial charge in [-0.2, -0.15) is 10.1 Å². The Morgan fingerprint density at radius 2 is 2.30 bits per heavy atom. The molecular weight excluding hydrogens is 284 g/mol. The number of nitrogens with one attached hydrogen (secondary N) is 2. The molecule has 0 atom stereocenters. The number of aromatic nitrogens is 4. The lowest BCUT2D eigenvalue weighted by Gasteiger charge is -2.05. The lowest BCUT2D eigenvalue weighted by molar-refractivity contribution is 0.0691. The number of rotatable bonds is 5. The monoisotopic (exact) mass is 296 g/mol. The Hall–Kier alpha value is -2.49. The Labute approximate surface area is 117 Å². The van der Waals surface area contributed by atoms with Gasteiger partial charge in [-0.25, -0.2) is 19.3 Å². The topological polar surface area (TPSA) is 122 Å². The van der Waals surface area contributed by atoms with E-state index in [1.807, 2.05) is 0 Å². The Morgan fingerprint density at radius 1 is 1.50 bits per heavy atom. The molecule has 0 spiro atoms. The van der Waals surface area contributed by atoms with Crippen molar-refractivity contribution < 1.29 is 14.7 Å². The SMILES string of the molecule is Cn1ncnc1NC(=O)NCCc1nc(C(=O)O)cs1. The minimum atomic E-state index is -1.06. The molecule has 0 aliphatic carbocycles. The summed E-state index contributed by atoms with van der Waals surface area (Å²) in [5, 5.41) is 19.8. The summed E-state index contributed by atoms with van der Waals surface area (Å²) >= 11 is 1.25. The van der Waals surface area contributed by atoms with Crippen LogP contribution >= 0.6 is 11.3 Å². The van der Waals surface area contributed by atoms with E-state index in [0.29, 0.717) is 23.9 Å². The van der Waals surface area contributed by atoms with Gasteiger partial charge in [0, 0.05) is 25.4 Å².